The Morgan fingerprint density at radius 2 is 1.88 bits per heavy atom. The van der Waals surface area contributed by atoms with Crippen LogP contribution in [0.2, 0.25) is 0 Å². The lowest BCUT2D eigenvalue weighted by molar-refractivity contribution is -0.119. The molecule has 1 aromatic carbocycles. The molecule has 0 saturated carbocycles. The summed E-state index contributed by atoms with van der Waals surface area (Å²) in [5, 5.41) is 0. The van der Waals surface area contributed by atoms with Gasteiger partial charge in [0, 0.05) is 38.3 Å². The van der Waals surface area contributed by atoms with Crippen LogP contribution < -0.4 is 4.90 Å². The van der Waals surface area contributed by atoms with E-state index in [1.165, 1.54) is 0 Å². The molecule has 0 bridgehead atoms. The molecule has 0 spiro atoms. The summed E-state index contributed by atoms with van der Waals surface area (Å²) >= 11 is 0. The molecule has 7 heteroatoms. The second-order valence-corrected chi connectivity index (χ2v) is 8.97. The number of rotatable bonds is 6. The first-order valence-electron chi connectivity index (χ1n) is 9.50. The minimum Gasteiger partial charge on any atom is -0.381 e. The fourth-order valence-corrected chi connectivity index (χ4v) is 5.25. The third-order valence-corrected chi connectivity index (χ3v) is 7.03. The third kappa shape index (κ3) is 4.27. The molecule has 0 aromatic heterocycles. The quantitative estimate of drug-likeness (QED) is 0.761. The summed E-state index contributed by atoms with van der Waals surface area (Å²) < 4.78 is 33.0. The van der Waals surface area contributed by atoms with Crippen molar-refractivity contribution in [2.45, 2.75) is 43.9 Å². The highest BCUT2D eigenvalue weighted by atomic mass is 32.2. The number of carbonyl (C=O) groups excluding carboxylic acids is 1. The SMILES string of the molecule is CCOCC1CCCN(S(=O)(=O)c2ccc(N3CCCCC3=O)cc2)C1. The van der Waals surface area contributed by atoms with Crippen molar-refractivity contribution in [1.29, 1.82) is 0 Å². The first-order valence-corrected chi connectivity index (χ1v) is 10.9. The maximum Gasteiger partial charge on any atom is 0.243 e. The van der Waals surface area contributed by atoms with Crippen LogP contribution in [0, 0.1) is 5.92 Å². The van der Waals surface area contributed by atoms with Crippen molar-refractivity contribution in [1.82, 2.24) is 4.31 Å². The molecule has 2 heterocycles. The van der Waals surface area contributed by atoms with Crippen LogP contribution in [0.5, 0.6) is 0 Å². The molecule has 2 fully saturated rings. The van der Waals surface area contributed by atoms with Crippen molar-refractivity contribution in [2.75, 3.05) is 37.7 Å². The highest BCUT2D eigenvalue weighted by Crippen LogP contribution is 2.27. The zero-order chi connectivity index (χ0) is 18.6. The molecule has 2 aliphatic rings. The van der Waals surface area contributed by atoms with Crippen LogP contribution in [0.25, 0.3) is 0 Å². The van der Waals surface area contributed by atoms with Gasteiger partial charge in [-0.05, 0) is 62.8 Å². The lowest BCUT2D eigenvalue weighted by atomic mass is 10.0. The summed E-state index contributed by atoms with van der Waals surface area (Å²) in [5.74, 6) is 0.366. The molecule has 1 aromatic rings. The van der Waals surface area contributed by atoms with Gasteiger partial charge in [-0.2, -0.15) is 4.31 Å². The highest BCUT2D eigenvalue weighted by molar-refractivity contribution is 7.89. The number of ether oxygens (including phenoxy) is 1. The Kier molecular flexibility index (Phi) is 6.32. The first-order chi connectivity index (χ1) is 12.5. The van der Waals surface area contributed by atoms with E-state index in [1.54, 1.807) is 33.5 Å². The second kappa shape index (κ2) is 8.50. The number of carbonyl (C=O) groups is 1. The summed E-state index contributed by atoms with van der Waals surface area (Å²) in [6.07, 6.45) is 4.34. The molecule has 1 unspecified atom stereocenters. The van der Waals surface area contributed by atoms with Crippen molar-refractivity contribution < 1.29 is 17.9 Å². The Morgan fingerprint density at radius 3 is 2.58 bits per heavy atom. The molecule has 26 heavy (non-hydrogen) atoms. The van der Waals surface area contributed by atoms with Gasteiger partial charge in [0.2, 0.25) is 15.9 Å². The van der Waals surface area contributed by atoms with Crippen LogP contribution in [0.4, 0.5) is 5.69 Å². The van der Waals surface area contributed by atoms with Gasteiger partial charge in [0.25, 0.3) is 0 Å². The van der Waals surface area contributed by atoms with Gasteiger partial charge < -0.3 is 9.64 Å². The molecular formula is C19H28N2O4S. The summed E-state index contributed by atoms with van der Waals surface area (Å²) in [6.45, 7) is 4.98. The van der Waals surface area contributed by atoms with Gasteiger partial charge in [-0.3, -0.25) is 4.79 Å². The van der Waals surface area contributed by atoms with Crippen LogP contribution in [0.1, 0.15) is 39.0 Å². The Bertz CT molecular complexity index is 718. The van der Waals surface area contributed by atoms with Gasteiger partial charge in [0.1, 0.15) is 0 Å². The normalized spacial score (nSPS) is 22.6. The largest absolute Gasteiger partial charge is 0.381 e. The van der Waals surface area contributed by atoms with Gasteiger partial charge in [-0.1, -0.05) is 0 Å². The smallest absolute Gasteiger partial charge is 0.243 e. The van der Waals surface area contributed by atoms with E-state index >= 15 is 0 Å². The maximum absolute atomic E-state index is 13.0. The second-order valence-electron chi connectivity index (χ2n) is 7.03. The molecule has 6 nitrogen and oxygen atoms in total. The van der Waals surface area contributed by atoms with Crippen molar-refractivity contribution in [3.63, 3.8) is 0 Å². The monoisotopic (exact) mass is 380 g/mol. The van der Waals surface area contributed by atoms with Crippen molar-refractivity contribution >= 4 is 21.6 Å². The summed E-state index contributed by atoms with van der Waals surface area (Å²) in [5.41, 5.74) is 0.779. The van der Waals surface area contributed by atoms with Crippen molar-refractivity contribution in [3.8, 4) is 0 Å². The van der Waals surface area contributed by atoms with E-state index < -0.39 is 10.0 Å². The van der Waals surface area contributed by atoms with Crippen LogP contribution in [0.3, 0.4) is 0 Å². The van der Waals surface area contributed by atoms with Crippen molar-refractivity contribution in [3.05, 3.63) is 24.3 Å². The van der Waals surface area contributed by atoms with Crippen molar-refractivity contribution in [2.24, 2.45) is 5.92 Å². The number of amides is 1. The molecule has 0 radical (unpaired) electrons. The lowest BCUT2D eigenvalue weighted by Gasteiger charge is -2.32. The van der Waals surface area contributed by atoms with Gasteiger partial charge in [-0.25, -0.2) is 8.42 Å². The molecule has 1 atom stereocenters. The zero-order valence-electron chi connectivity index (χ0n) is 15.4. The first kappa shape index (κ1) is 19.3. The highest BCUT2D eigenvalue weighted by Gasteiger charge is 2.30. The van der Waals surface area contributed by atoms with Crippen LogP contribution in [-0.4, -0.2) is 51.5 Å². The van der Waals surface area contributed by atoms with Gasteiger partial charge in [-0.15, -0.1) is 0 Å². The predicted molar refractivity (Wildman–Crippen MR) is 101 cm³/mol. The number of hydrogen-bond donors (Lipinski definition) is 0. The van der Waals surface area contributed by atoms with Crippen LogP contribution in [0.15, 0.2) is 29.2 Å². The van der Waals surface area contributed by atoms with E-state index in [2.05, 4.69) is 0 Å². The fraction of sp³-hybridized carbons (Fsp3) is 0.632. The molecular weight excluding hydrogens is 352 g/mol. The zero-order valence-corrected chi connectivity index (χ0v) is 16.2. The van der Waals surface area contributed by atoms with E-state index in [9.17, 15) is 13.2 Å². The number of sulfonamides is 1. The van der Waals surface area contributed by atoms with E-state index in [1.807, 2.05) is 6.92 Å². The number of piperidine rings is 2. The molecule has 2 aliphatic heterocycles. The Labute approximate surface area is 156 Å². The minimum absolute atomic E-state index is 0.113. The standard InChI is InChI=1S/C19H28N2O4S/c1-2-25-15-16-6-5-12-20(14-16)26(23,24)18-10-8-17(9-11-18)21-13-4-3-7-19(21)22/h8-11,16H,2-7,12-15H2,1H3. The average Bonchev–Trinajstić information content (AvgIpc) is 2.67. The molecule has 144 valence electrons. The fourth-order valence-electron chi connectivity index (χ4n) is 3.69. The van der Waals surface area contributed by atoms with Gasteiger partial charge in [0.15, 0.2) is 0 Å². The lowest BCUT2D eigenvalue weighted by Crippen LogP contribution is -2.41. The Balaban J connectivity index is 1.71. The topological polar surface area (TPSA) is 66.9 Å². The summed E-state index contributed by atoms with van der Waals surface area (Å²) in [7, 11) is -3.51. The summed E-state index contributed by atoms with van der Waals surface area (Å²) in [4.78, 5) is 14.1. The molecule has 3 rings (SSSR count). The maximum atomic E-state index is 13.0. The Hall–Kier alpha value is -1.44. The third-order valence-electron chi connectivity index (χ3n) is 5.15. The van der Waals surface area contributed by atoms with Crippen LogP contribution in [-0.2, 0) is 19.6 Å². The minimum atomic E-state index is -3.51. The number of anilines is 1. The number of benzene rings is 1. The number of nitrogens with zero attached hydrogens (tertiary/aromatic N) is 2. The van der Waals surface area contributed by atoms with E-state index in [4.69, 9.17) is 4.74 Å². The molecule has 2 saturated heterocycles. The van der Waals surface area contributed by atoms with Gasteiger partial charge in [0.05, 0.1) is 11.5 Å². The molecule has 0 N–H and O–H groups in total. The predicted octanol–water partition coefficient (Wildman–Crippen LogP) is 2.64. The molecule has 0 aliphatic carbocycles. The number of hydrogen-bond acceptors (Lipinski definition) is 4. The van der Waals surface area contributed by atoms with E-state index in [-0.39, 0.29) is 11.8 Å². The average molecular weight is 381 g/mol. The van der Waals surface area contributed by atoms with Crippen LogP contribution >= 0.6 is 0 Å². The van der Waals surface area contributed by atoms with E-state index in [0.29, 0.717) is 44.2 Å². The van der Waals surface area contributed by atoms with Gasteiger partial charge >= 0.3 is 0 Å². The Morgan fingerprint density at radius 1 is 1.12 bits per heavy atom. The molecule has 1 amide bonds. The van der Waals surface area contributed by atoms with E-state index in [0.717, 1.165) is 31.4 Å². The summed E-state index contributed by atoms with van der Waals surface area (Å²) in [6, 6.07) is 6.74.